The van der Waals surface area contributed by atoms with Gasteiger partial charge in [-0.3, -0.25) is 4.79 Å². The number of aryl methyl sites for hydroxylation is 1. The van der Waals surface area contributed by atoms with Crippen LogP contribution in [0.5, 0.6) is 11.5 Å². The number of H-pyrrole nitrogens is 1. The molecular formula is C23H35N5O3. The van der Waals surface area contributed by atoms with Gasteiger partial charge in [0, 0.05) is 49.9 Å². The molecule has 170 valence electrons. The van der Waals surface area contributed by atoms with Gasteiger partial charge in [-0.25, -0.2) is 4.99 Å². The first kappa shape index (κ1) is 22.8. The summed E-state index contributed by atoms with van der Waals surface area (Å²) in [5.74, 6) is 2.29. The minimum absolute atomic E-state index is 0.00465. The van der Waals surface area contributed by atoms with Crippen LogP contribution in [-0.4, -0.2) is 69.2 Å². The van der Waals surface area contributed by atoms with Gasteiger partial charge in [-0.05, 0) is 31.7 Å². The Labute approximate surface area is 184 Å². The quantitative estimate of drug-likeness (QED) is 0.324. The van der Waals surface area contributed by atoms with Crippen LogP contribution in [0.2, 0.25) is 0 Å². The zero-order chi connectivity index (χ0) is 22.2. The molecule has 2 aromatic rings. The number of rotatable bonds is 9. The number of aromatic nitrogens is 1. The maximum absolute atomic E-state index is 11.9. The van der Waals surface area contributed by atoms with Gasteiger partial charge >= 0.3 is 0 Å². The summed E-state index contributed by atoms with van der Waals surface area (Å²) in [7, 11) is 6.82. The first-order valence-electron chi connectivity index (χ1n) is 11.0. The number of methoxy groups -OCH3 is 2. The summed E-state index contributed by atoms with van der Waals surface area (Å²) in [6.45, 7) is 0.920. The van der Waals surface area contributed by atoms with Crippen LogP contribution in [-0.2, 0) is 11.2 Å². The lowest BCUT2D eigenvalue weighted by Gasteiger charge is -2.18. The second-order valence-electron chi connectivity index (χ2n) is 8.19. The molecule has 31 heavy (non-hydrogen) atoms. The molecule has 1 aliphatic carbocycles. The summed E-state index contributed by atoms with van der Waals surface area (Å²) in [4.78, 5) is 21.4. The molecule has 0 atom stereocenters. The molecule has 1 aromatic carbocycles. The first-order chi connectivity index (χ1) is 15.0. The summed E-state index contributed by atoms with van der Waals surface area (Å²) < 4.78 is 10.9. The van der Waals surface area contributed by atoms with Crippen LogP contribution in [0, 0.1) is 0 Å². The van der Waals surface area contributed by atoms with Crippen molar-refractivity contribution < 1.29 is 14.3 Å². The molecule has 0 saturated heterocycles. The minimum Gasteiger partial charge on any atom is -0.497 e. The summed E-state index contributed by atoms with van der Waals surface area (Å²) in [5.41, 5.74) is 2.15. The second-order valence-corrected chi connectivity index (χ2v) is 8.19. The van der Waals surface area contributed by atoms with Crippen molar-refractivity contribution in [2.75, 3.05) is 41.4 Å². The van der Waals surface area contributed by atoms with Crippen molar-refractivity contribution in [2.24, 2.45) is 4.99 Å². The number of hydrogen-bond donors (Lipinski definition) is 3. The summed E-state index contributed by atoms with van der Waals surface area (Å²) >= 11 is 0. The highest BCUT2D eigenvalue weighted by Crippen LogP contribution is 2.31. The van der Waals surface area contributed by atoms with Gasteiger partial charge in [-0.15, -0.1) is 0 Å². The summed E-state index contributed by atoms with van der Waals surface area (Å²) in [5, 5.41) is 7.94. The Hall–Kier alpha value is -2.90. The van der Waals surface area contributed by atoms with Crippen molar-refractivity contribution in [3.05, 3.63) is 23.9 Å². The van der Waals surface area contributed by atoms with E-state index in [2.05, 4.69) is 26.7 Å². The third kappa shape index (κ3) is 6.29. The zero-order valence-electron chi connectivity index (χ0n) is 19.1. The van der Waals surface area contributed by atoms with Crippen molar-refractivity contribution in [3.63, 3.8) is 0 Å². The van der Waals surface area contributed by atoms with E-state index < -0.39 is 0 Å². The van der Waals surface area contributed by atoms with E-state index >= 15 is 0 Å². The molecular weight excluding hydrogens is 394 g/mol. The van der Waals surface area contributed by atoms with Gasteiger partial charge in [-0.2, -0.15) is 0 Å². The molecule has 0 aliphatic heterocycles. The van der Waals surface area contributed by atoms with Crippen molar-refractivity contribution in [1.29, 1.82) is 0 Å². The van der Waals surface area contributed by atoms with Gasteiger partial charge in [0.15, 0.2) is 5.96 Å². The normalized spacial score (nSPS) is 14.6. The summed E-state index contributed by atoms with van der Waals surface area (Å²) in [6, 6.07) is 6.46. The van der Waals surface area contributed by atoms with Crippen LogP contribution in [0.3, 0.4) is 0 Å². The first-order valence-corrected chi connectivity index (χ1v) is 11.0. The standard InChI is InChI=1S/C23H35N5O3/c1-28(2)22(29)15-25-23(27-16-8-5-6-9-16)24-11-7-10-17-12-19-20(26-17)13-18(30-3)14-21(19)31-4/h12-14,16,26H,5-11,15H2,1-4H3,(H2,24,25,27). The van der Waals surface area contributed by atoms with E-state index in [1.165, 1.54) is 12.8 Å². The molecule has 3 rings (SSSR count). The Morgan fingerprint density at radius 3 is 2.65 bits per heavy atom. The van der Waals surface area contributed by atoms with Crippen molar-refractivity contribution in [1.82, 2.24) is 20.5 Å². The van der Waals surface area contributed by atoms with E-state index in [0.29, 0.717) is 6.04 Å². The number of nitrogens with zero attached hydrogens (tertiary/aromatic N) is 2. The molecule has 0 radical (unpaired) electrons. The maximum atomic E-state index is 11.9. The van der Waals surface area contributed by atoms with Crippen molar-refractivity contribution in [3.8, 4) is 11.5 Å². The fraction of sp³-hybridized carbons (Fsp3) is 0.565. The van der Waals surface area contributed by atoms with E-state index in [0.717, 1.165) is 66.3 Å². The minimum atomic E-state index is -0.00465. The topological polar surface area (TPSA) is 91.0 Å². The number of carbonyl (C=O) groups is 1. The predicted molar refractivity (Wildman–Crippen MR) is 124 cm³/mol. The molecule has 0 unspecified atom stereocenters. The highest BCUT2D eigenvalue weighted by molar-refractivity contribution is 5.88. The predicted octanol–water partition coefficient (Wildman–Crippen LogP) is 2.68. The van der Waals surface area contributed by atoms with E-state index in [4.69, 9.17) is 9.47 Å². The smallest absolute Gasteiger partial charge is 0.243 e. The Morgan fingerprint density at radius 2 is 1.97 bits per heavy atom. The highest BCUT2D eigenvalue weighted by atomic mass is 16.5. The largest absolute Gasteiger partial charge is 0.497 e. The molecule has 1 amide bonds. The van der Waals surface area contributed by atoms with Crippen LogP contribution in [0.4, 0.5) is 0 Å². The number of benzene rings is 1. The number of hydrogen-bond acceptors (Lipinski definition) is 4. The number of likely N-dealkylation sites (N-methyl/N-ethyl adjacent to an activating group) is 1. The molecule has 8 heteroatoms. The SMILES string of the molecule is COc1cc(OC)c2cc(CCCNC(=NCC(=O)N(C)C)NC3CCCC3)[nH]c2c1. The van der Waals surface area contributed by atoms with E-state index in [9.17, 15) is 4.79 Å². The fourth-order valence-electron chi connectivity index (χ4n) is 3.85. The molecule has 0 bridgehead atoms. The van der Waals surface area contributed by atoms with E-state index in [1.54, 1.807) is 33.2 Å². The number of ether oxygens (including phenoxy) is 2. The highest BCUT2D eigenvalue weighted by Gasteiger charge is 2.16. The lowest BCUT2D eigenvalue weighted by atomic mass is 10.2. The number of aliphatic imine (C=N–C) groups is 1. The molecule has 0 spiro atoms. The molecule has 1 heterocycles. The number of carbonyl (C=O) groups excluding carboxylic acids is 1. The Balaban J connectivity index is 1.57. The number of guanidine groups is 1. The monoisotopic (exact) mass is 429 g/mol. The fourth-order valence-corrected chi connectivity index (χ4v) is 3.85. The van der Waals surface area contributed by atoms with Gasteiger partial charge < -0.3 is 30.0 Å². The molecule has 1 saturated carbocycles. The van der Waals surface area contributed by atoms with Crippen LogP contribution < -0.4 is 20.1 Å². The van der Waals surface area contributed by atoms with Gasteiger partial charge in [0.1, 0.15) is 18.0 Å². The second kappa shape index (κ2) is 10.9. The zero-order valence-corrected chi connectivity index (χ0v) is 19.1. The number of nitrogens with one attached hydrogen (secondary N) is 3. The number of aromatic amines is 1. The average Bonchev–Trinajstić information content (AvgIpc) is 3.42. The lowest BCUT2D eigenvalue weighted by Crippen LogP contribution is -2.43. The Kier molecular flexibility index (Phi) is 8.03. The van der Waals surface area contributed by atoms with Gasteiger partial charge in [0.25, 0.3) is 0 Å². The van der Waals surface area contributed by atoms with Crippen LogP contribution in [0.1, 0.15) is 37.8 Å². The van der Waals surface area contributed by atoms with Gasteiger partial charge in [0.05, 0.1) is 19.7 Å². The maximum Gasteiger partial charge on any atom is 0.243 e. The third-order valence-electron chi connectivity index (χ3n) is 5.67. The Bertz CT molecular complexity index is 900. The van der Waals surface area contributed by atoms with Gasteiger partial charge in [0.2, 0.25) is 5.91 Å². The van der Waals surface area contributed by atoms with Gasteiger partial charge in [-0.1, -0.05) is 12.8 Å². The Morgan fingerprint density at radius 1 is 1.19 bits per heavy atom. The molecule has 3 N–H and O–H groups in total. The third-order valence-corrected chi connectivity index (χ3v) is 5.67. The van der Waals surface area contributed by atoms with Crippen molar-refractivity contribution in [2.45, 2.75) is 44.6 Å². The van der Waals surface area contributed by atoms with E-state index in [1.807, 2.05) is 12.1 Å². The molecule has 1 aliphatic rings. The summed E-state index contributed by atoms with van der Waals surface area (Å²) in [6.07, 6.45) is 6.62. The lowest BCUT2D eigenvalue weighted by molar-refractivity contribution is -0.127. The number of amides is 1. The van der Waals surface area contributed by atoms with Crippen LogP contribution in [0.15, 0.2) is 23.2 Å². The van der Waals surface area contributed by atoms with Crippen LogP contribution in [0.25, 0.3) is 10.9 Å². The molecule has 1 aromatic heterocycles. The van der Waals surface area contributed by atoms with E-state index in [-0.39, 0.29) is 12.5 Å². The van der Waals surface area contributed by atoms with Crippen LogP contribution >= 0.6 is 0 Å². The molecule has 1 fully saturated rings. The van der Waals surface area contributed by atoms with Crippen molar-refractivity contribution >= 4 is 22.8 Å². The average molecular weight is 430 g/mol. The number of fused-ring (bicyclic) bond motifs is 1. The molecule has 8 nitrogen and oxygen atoms in total.